The molecule has 2 aromatic rings. The van der Waals surface area contributed by atoms with Crippen molar-refractivity contribution in [2.24, 2.45) is 0 Å². The van der Waals surface area contributed by atoms with Crippen LogP contribution in [-0.2, 0) is 13.1 Å². The second-order valence-electron chi connectivity index (χ2n) is 5.26. The smallest absolute Gasteiger partial charge is 0.213 e. The molecule has 1 N–H and O–H groups in total. The summed E-state index contributed by atoms with van der Waals surface area (Å²) in [6.45, 7) is 4.02. The molecule has 0 saturated carbocycles. The highest BCUT2D eigenvalue weighted by molar-refractivity contribution is 5.14. The van der Waals surface area contributed by atoms with Gasteiger partial charge in [0.05, 0.1) is 6.54 Å². The molecule has 0 amide bonds. The van der Waals surface area contributed by atoms with Gasteiger partial charge in [-0.2, -0.15) is 4.98 Å². The summed E-state index contributed by atoms with van der Waals surface area (Å²) in [6, 6.07) is 11.2. The maximum absolute atomic E-state index is 4.73. The van der Waals surface area contributed by atoms with Gasteiger partial charge in [-0.1, -0.05) is 35.5 Å². The number of likely N-dealkylation sites (tertiary alicyclic amines) is 1. The van der Waals surface area contributed by atoms with Crippen molar-refractivity contribution in [2.75, 3.05) is 13.1 Å². The van der Waals surface area contributed by atoms with E-state index in [0.717, 1.165) is 25.5 Å². The third-order valence-corrected chi connectivity index (χ3v) is 3.79. The highest BCUT2D eigenvalue weighted by Gasteiger charge is 2.19. The molecule has 20 heavy (non-hydrogen) atoms. The summed E-state index contributed by atoms with van der Waals surface area (Å²) in [5, 5.41) is 7.31. The largest absolute Gasteiger partial charge is 0.343 e. The van der Waals surface area contributed by atoms with Crippen LogP contribution in [0.25, 0.3) is 0 Å². The fourth-order valence-electron chi connectivity index (χ4n) is 2.64. The predicted octanol–water partition coefficient (Wildman–Crippen LogP) is 1.82. The Labute approximate surface area is 119 Å². The Bertz CT molecular complexity index is 492. The zero-order chi connectivity index (χ0) is 13.6. The molecule has 1 aromatic heterocycles. The van der Waals surface area contributed by atoms with Crippen molar-refractivity contribution in [3.8, 4) is 0 Å². The summed E-state index contributed by atoms with van der Waals surface area (Å²) in [4.78, 5) is 6.54. The van der Waals surface area contributed by atoms with Crippen LogP contribution < -0.4 is 5.32 Å². The average molecular weight is 272 g/mol. The van der Waals surface area contributed by atoms with E-state index < -0.39 is 0 Å². The summed E-state index contributed by atoms with van der Waals surface area (Å²) in [5.74, 6) is 0.733. The predicted molar refractivity (Wildman–Crippen MR) is 75.9 cm³/mol. The molecule has 1 fully saturated rings. The molecule has 3 rings (SSSR count). The zero-order valence-corrected chi connectivity index (χ0v) is 11.5. The summed E-state index contributed by atoms with van der Waals surface area (Å²) in [5.41, 5.74) is 1.39. The van der Waals surface area contributed by atoms with Gasteiger partial charge in [0.1, 0.15) is 0 Å². The number of benzene rings is 1. The Hall–Kier alpha value is -1.72. The highest BCUT2D eigenvalue weighted by Crippen LogP contribution is 2.14. The maximum Gasteiger partial charge on any atom is 0.213 e. The van der Waals surface area contributed by atoms with E-state index in [1.54, 1.807) is 0 Å². The van der Waals surface area contributed by atoms with Crippen LogP contribution >= 0.6 is 0 Å². The third-order valence-electron chi connectivity index (χ3n) is 3.79. The van der Waals surface area contributed by atoms with Gasteiger partial charge in [0, 0.05) is 12.6 Å². The van der Waals surface area contributed by atoms with E-state index in [0.29, 0.717) is 12.6 Å². The lowest BCUT2D eigenvalue weighted by Crippen LogP contribution is -2.41. The lowest BCUT2D eigenvalue weighted by atomic mass is 10.0. The van der Waals surface area contributed by atoms with Crippen LogP contribution in [-0.4, -0.2) is 34.2 Å². The van der Waals surface area contributed by atoms with Gasteiger partial charge in [-0.25, -0.2) is 0 Å². The first-order valence-corrected chi connectivity index (χ1v) is 7.15. The Morgan fingerprint density at radius 3 is 2.70 bits per heavy atom. The van der Waals surface area contributed by atoms with Crippen LogP contribution in [0.2, 0.25) is 0 Å². The number of piperidine rings is 1. The Kier molecular flexibility index (Phi) is 4.40. The molecule has 1 aromatic carbocycles. The summed E-state index contributed by atoms with van der Waals surface area (Å²) < 4.78 is 4.73. The van der Waals surface area contributed by atoms with Crippen molar-refractivity contribution in [3.63, 3.8) is 0 Å². The minimum absolute atomic E-state index is 0.556. The molecule has 5 nitrogen and oxygen atoms in total. The number of nitrogens with one attached hydrogen (secondary N) is 1. The molecular weight excluding hydrogens is 252 g/mol. The minimum atomic E-state index is 0.556. The van der Waals surface area contributed by atoms with E-state index >= 15 is 0 Å². The summed E-state index contributed by atoms with van der Waals surface area (Å²) in [7, 11) is 0. The number of hydrogen-bond donors (Lipinski definition) is 1. The fraction of sp³-hybridized carbons (Fsp3) is 0.467. The van der Waals surface area contributed by atoms with Gasteiger partial charge in [0.25, 0.3) is 0 Å². The average Bonchev–Trinajstić information content (AvgIpc) is 3.01. The molecule has 0 unspecified atom stereocenters. The lowest BCUT2D eigenvalue weighted by Gasteiger charge is -2.32. The molecule has 1 aliphatic rings. The summed E-state index contributed by atoms with van der Waals surface area (Å²) >= 11 is 0. The molecule has 106 valence electrons. The van der Waals surface area contributed by atoms with Gasteiger partial charge in [0.15, 0.2) is 5.82 Å². The highest BCUT2D eigenvalue weighted by atomic mass is 16.5. The van der Waals surface area contributed by atoms with E-state index in [2.05, 4.69) is 50.7 Å². The number of hydrogen-bond acceptors (Lipinski definition) is 5. The number of aromatic nitrogens is 2. The van der Waals surface area contributed by atoms with Crippen LogP contribution in [0.5, 0.6) is 0 Å². The van der Waals surface area contributed by atoms with E-state index in [4.69, 9.17) is 4.52 Å². The van der Waals surface area contributed by atoms with E-state index in [9.17, 15) is 0 Å². The zero-order valence-electron chi connectivity index (χ0n) is 11.5. The maximum atomic E-state index is 4.73. The molecule has 1 saturated heterocycles. The second-order valence-corrected chi connectivity index (χ2v) is 5.26. The normalized spacial score (nSPS) is 17.4. The monoisotopic (exact) mass is 272 g/mol. The second kappa shape index (κ2) is 6.63. The molecule has 0 aliphatic carbocycles. The molecule has 5 heteroatoms. The molecule has 0 atom stereocenters. The van der Waals surface area contributed by atoms with Gasteiger partial charge in [0.2, 0.25) is 6.39 Å². The SMILES string of the molecule is c1ccc(CN2CCC(NCc3ncon3)CC2)cc1. The van der Waals surface area contributed by atoms with Gasteiger partial charge < -0.3 is 9.84 Å². The van der Waals surface area contributed by atoms with E-state index in [1.165, 1.54) is 24.8 Å². The van der Waals surface area contributed by atoms with Gasteiger partial charge in [-0.3, -0.25) is 4.90 Å². The van der Waals surface area contributed by atoms with Crippen molar-refractivity contribution < 1.29 is 4.52 Å². The van der Waals surface area contributed by atoms with Crippen molar-refractivity contribution >= 4 is 0 Å². The summed E-state index contributed by atoms with van der Waals surface area (Å²) in [6.07, 6.45) is 3.72. The first-order valence-electron chi connectivity index (χ1n) is 7.15. The first-order chi connectivity index (χ1) is 9.90. The molecule has 0 radical (unpaired) electrons. The topological polar surface area (TPSA) is 54.2 Å². The fourth-order valence-corrected chi connectivity index (χ4v) is 2.64. The standard InChI is InChI=1S/C15H20N4O/c1-2-4-13(5-3-1)11-19-8-6-14(7-9-19)16-10-15-17-12-20-18-15/h1-5,12,14,16H,6-11H2. The molecule has 2 heterocycles. The Balaban J connectivity index is 1.40. The minimum Gasteiger partial charge on any atom is -0.343 e. The van der Waals surface area contributed by atoms with Crippen LogP contribution in [0.3, 0.4) is 0 Å². The van der Waals surface area contributed by atoms with Crippen LogP contribution in [0.4, 0.5) is 0 Å². The van der Waals surface area contributed by atoms with Crippen molar-refractivity contribution in [1.29, 1.82) is 0 Å². The van der Waals surface area contributed by atoms with Crippen LogP contribution in [0.15, 0.2) is 41.2 Å². The Morgan fingerprint density at radius 1 is 1.20 bits per heavy atom. The third kappa shape index (κ3) is 3.65. The van der Waals surface area contributed by atoms with Crippen molar-refractivity contribution in [2.45, 2.75) is 32.0 Å². The van der Waals surface area contributed by atoms with Crippen LogP contribution in [0.1, 0.15) is 24.2 Å². The number of rotatable bonds is 5. The quantitative estimate of drug-likeness (QED) is 0.900. The number of nitrogens with zero attached hydrogens (tertiary/aromatic N) is 3. The molecule has 1 aliphatic heterocycles. The molecular formula is C15H20N4O. The van der Waals surface area contributed by atoms with E-state index in [1.807, 2.05) is 0 Å². The lowest BCUT2D eigenvalue weighted by molar-refractivity contribution is 0.189. The van der Waals surface area contributed by atoms with Crippen molar-refractivity contribution in [1.82, 2.24) is 20.4 Å². The van der Waals surface area contributed by atoms with E-state index in [-0.39, 0.29) is 0 Å². The van der Waals surface area contributed by atoms with Crippen molar-refractivity contribution in [3.05, 3.63) is 48.1 Å². The Morgan fingerprint density at radius 2 is 2.00 bits per heavy atom. The first kappa shape index (κ1) is 13.3. The molecule has 0 spiro atoms. The van der Waals surface area contributed by atoms with Gasteiger partial charge in [-0.15, -0.1) is 0 Å². The van der Waals surface area contributed by atoms with Crippen LogP contribution in [0, 0.1) is 0 Å². The van der Waals surface area contributed by atoms with Gasteiger partial charge >= 0.3 is 0 Å². The van der Waals surface area contributed by atoms with Gasteiger partial charge in [-0.05, 0) is 31.5 Å². The molecule has 0 bridgehead atoms.